The van der Waals surface area contributed by atoms with Gasteiger partial charge in [0.05, 0.1) is 6.04 Å². The van der Waals surface area contributed by atoms with Crippen molar-refractivity contribution >= 4 is 29.4 Å². The Labute approximate surface area is 233 Å². The quantitative estimate of drug-likeness (QED) is 0.396. The third-order valence-corrected chi connectivity index (χ3v) is 7.01. The van der Waals surface area contributed by atoms with Gasteiger partial charge in [0, 0.05) is 56.2 Å². The van der Waals surface area contributed by atoms with Gasteiger partial charge >= 0.3 is 12.2 Å². The van der Waals surface area contributed by atoms with Gasteiger partial charge < -0.3 is 31.1 Å². The van der Waals surface area contributed by atoms with E-state index in [-0.39, 0.29) is 37.2 Å². The van der Waals surface area contributed by atoms with Crippen LogP contribution in [0, 0.1) is 0 Å². The fraction of sp³-hybridized carbons (Fsp3) is 0.556. The Morgan fingerprint density at radius 1 is 1.02 bits per heavy atom. The van der Waals surface area contributed by atoms with Crippen molar-refractivity contribution in [2.45, 2.75) is 58.3 Å². The molecule has 1 aromatic heterocycles. The first-order chi connectivity index (χ1) is 18.6. The number of nitrogens with one attached hydrogen (secondary N) is 4. The number of rotatable bonds is 7. The van der Waals surface area contributed by atoms with Crippen LogP contribution >= 0.6 is 0 Å². The molecule has 1 aromatic carbocycles. The monoisotopic (exact) mass is 564 g/mol. The summed E-state index contributed by atoms with van der Waals surface area (Å²) < 4.78 is 41.4. The van der Waals surface area contributed by atoms with E-state index in [0.29, 0.717) is 43.7 Å². The summed E-state index contributed by atoms with van der Waals surface area (Å²) >= 11 is 0. The Morgan fingerprint density at radius 3 is 2.30 bits per heavy atom. The maximum atomic E-state index is 13.8. The van der Waals surface area contributed by atoms with Crippen molar-refractivity contribution < 1.29 is 22.8 Å². The maximum absolute atomic E-state index is 13.8. The highest BCUT2D eigenvalue weighted by Crippen LogP contribution is 2.35. The van der Waals surface area contributed by atoms with E-state index in [1.165, 1.54) is 0 Å². The summed E-state index contributed by atoms with van der Waals surface area (Å²) in [5.74, 6) is -0.431. The van der Waals surface area contributed by atoms with Crippen LogP contribution in [0.15, 0.2) is 30.5 Å². The number of urea groups is 1. The number of aromatic nitrogens is 2. The summed E-state index contributed by atoms with van der Waals surface area (Å²) in [5.41, 5.74) is 0.0799. The minimum atomic E-state index is -4.66. The fourth-order valence-corrected chi connectivity index (χ4v) is 4.81. The molecule has 4 rings (SSSR count). The second-order valence-electron chi connectivity index (χ2n) is 9.90. The third-order valence-electron chi connectivity index (χ3n) is 7.01. The van der Waals surface area contributed by atoms with E-state index in [9.17, 15) is 22.8 Å². The second-order valence-corrected chi connectivity index (χ2v) is 9.90. The Balaban J connectivity index is 0.00000441. The summed E-state index contributed by atoms with van der Waals surface area (Å²) in [6, 6.07) is 5.56. The van der Waals surface area contributed by atoms with Crippen LogP contribution in [0.1, 0.15) is 56.0 Å². The van der Waals surface area contributed by atoms with Crippen LogP contribution in [-0.4, -0.2) is 83.6 Å². The number of hydrogen-bond acceptors (Lipinski definition) is 7. The van der Waals surface area contributed by atoms with Gasteiger partial charge in [-0.15, -0.1) is 0 Å². The summed E-state index contributed by atoms with van der Waals surface area (Å²) in [6.07, 6.45) is -0.996. The molecule has 4 N–H and O–H groups in total. The normalized spacial score (nSPS) is 19.8. The summed E-state index contributed by atoms with van der Waals surface area (Å²) in [7, 11) is 2.02. The number of nitrogens with zero attached hydrogens (tertiary/aromatic N) is 4. The van der Waals surface area contributed by atoms with Crippen LogP contribution in [-0.2, 0) is 6.18 Å². The molecule has 10 nitrogen and oxygen atoms in total. The number of amides is 3. The molecule has 2 heterocycles. The van der Waals surface area contributed by atoms with Crippen molar-refractivity contribution in [3.05, 3.63) is 41.6 Å². The molecule has 1 saturated carbocycles. The van der Waals surface area contributed by atoms with Crippen molar-refractivity contribution in [3.8, 4) is 0 Å². The number of benzene rings is 1. The predicted molar refractivity (Wildman–Crippen MR) is 149 cm³/mol. The molecule has 2 aromatic rings. The topological polar surface area (TPSA) is 115 Å². The van der Waals surface area contributed by atoms with Crippen LogP contribution in [0.5, 0.6) is 0 Å². The first-order valence-corrected chi connectivity index (χ1v) is 13.2. The van der Waals surface area contributed by atoms with Crippen molar-refractivity contribution in [3.63, 3.8) is 0 Å². The number of piperazine rings is 1. The van der Waals surface area contributed by atoms with Crippen LogP contribution in [0.25, 0.3) is 0 Å². The molecular formula is C27H39F3N8O2. The summed E-state index contributed by atoms with van der Waals surface area (Å²) in [4.78, 5) is 36.9. The lowest BCUT2D eigenvalue weighted by molar-refractivity contribution is -0.137. The zero-order valence-corrected chi connectivity index (χ0v) is 22.1. The van der Waals surface area contributed by atoms with Crippen LogP contribution < -0.4 is 21.3 Å². The largest absolute Gasteiger partial charge is 0.421 e. The number of halogens is 3. The lowest BCUT2D eigenvalue weighted by atomic mass is 9.90. The second kappa shape index (κ2) is 13.6. The molecule has 2 aliphatic rings. The zero-order valence-electron chi connectivity index (χ0n) is 22.1. The molecule has 0 bridgehead atoms. The Bertz CT molecular complexity index is 1140. The minimum absolute atomic E-state index is 0. The lowest BCUT2D eigenvalue weighted by Crippen LogP contribution is -2.51. The van der Waals surface area contributed by atoms with Crippen LogP contribution in [0.2, 0.25) is 0 Å². The highest BCUT2D eigenvalue weighted by Gasteiger charge is 2.37. The average molecular weight is 565 g/mol. The predicted octanol–water partition coefficient (Wildman–Crippen LogP) is 4.30. The van der Waals surface area contributed by atoms with Crippen molar-refractivity contribution in [2.24, 2.45) is 0 Å². The summed E-state index contributed by atoms with van der Waals surface area (Å²) in [6.45, 7) is 5.19. The molecule has 0 radical (unpaired) electrons. The Morgan fingerprint density at radius 2 is 1.68 bits per heavy atom. The molecule has 13 heteroatoms. The van der Waals surface area contributed by atoms with Gasteiger partial charge in [-0.3, -0.25) is 4.79 Å². The third kappa shape index (κ3) is 7.96. The van der Waals surface area contributed by atoms with Gasteiger partial charge in [-0.05, 0) is 51.1 Å². The summed E-state index contributed by atoms with van der Waals surface area (Å²) in [5, 5.41) is 11.4. The van der Waals surface area contributed by atoms with E-state index in [1.54, 1.807) is 36.1 Å². The number of anilines is 3. The molecule has 1 saturated heterocycles. The molecule has 1 aliphatic carbocycles. The zero-order chi connectivity index (χ0) is 28.0. The molecule has 40 heavy (non-hydrogen) atoms. The molecule has 0 spiro atoms. The van der Waals surface area contributed by atoms with Gasteiger partial charge in [0.2, 0.25) is 5.95 Å². The molecular weight excluding hydrogens is 525 g/mol. The van der Waals surface area contributed by atoms with Gasteiger partial charge in [-0.1, -0.05) is 20.3 Å². The Kier molecular flexibility index (Phi) is 10.5. The van der Waals surface area contributed by atoms with Crippen LogP contribution in [0.4, 0.5) is 35.4 Å². The number of alkyl halides is 3. The van der Waals surface area contributed by atoms with Gasteiger partial charge in [0.1, 0.15) is 11.4 Å². The molecule has 220 valence electrons. The lowest BCUT2D eigenvalue weighted by Gasteiger charge is -2.33. The minimum Gasteiger partial charge on any atom is -0.365 e. The van der Waals surface area contributed by atoms with Gasteiger partial charge in [-0.2, -0.15) is 18.2 Å². The van der Waals surface area contributed by atoms with E-state index in [2.05, 4.69) is 36.1 Å². The molecule has 2 atom stereocenters. The van der Waals surface area contributed by atoms with Gasteiger partial charge in [-0.25, -0.2) is 9.78 Å². The highest BCUT2D eigenvalue weighted by atomic mass is 19.4. The average Bonchev–Trinajstić information content (AvgIpc) is 2.90. The number of carbonyl (C=O) groups is 2. The van der Waals surface area contributed by atoms with E-state index in [4.69, 9.17) is 0 Å². The van der Waals surface area contributed by atoms with Crippen molar-refractivity contribution in [1.29, 1.82) is 0 Å². The molecule has 0 unspecified atom stereocenters. The van der Waals surface area contributed by atoms with E-state index >= 15 is 0 Å². The Hall–Kier alpha value is -3.61. The van der Waals surface area contributed by atoms with Gasteiger partial charge in [0.25, 0.3) is 5.91 Å². The van der Waals surface area contributed by atoms with E-state index in [1.807, 2.05) is 7.05 Å². The number of likely N-dealkylation sites (N-methyl/N-ethyl adjacent to an activating group) is 1. The van der Waals surface area contributed by atoms with Crippen molar-refractivity contribution in [1.82, 2.24) is 30.4 Å². The fourth-order valence-electron chi connectivity index (χ4n) is 4.81. The van der Waals surface area contributed by atoms with E-state index < -0.39 is 17.8 Å². The SMILES string of the molecule is C.CCNC(=O)N[C@H]1CCCC[C@H]1Nc1nc(Nc2ccc(C(=O)N3CCN(C)CC3)cc2)ncc1C(F)(F)F. The highest BCUT2D eigenvalue weighted by molar-refractivity contribution is 5.94. The molecule has 3 amide bonds. The smallest absolute Gasteiger partial charge is 0.365 e. The first kappa shape index (κ1) is 30.9. The van der Waals surface area contributed by atoms with Crippen LogP contribution in [0.3, 0.4) is 0 Å². The van der Waals surface area contributed by atoms with E-state index in [0.717, 1.165) is 32.1 Å². The van der Waals surface area contributed by atoms with Crippen molar-refractivity contribution in [2.75, 3.05) is 50.4 Å². The molecule has 2 fully saturated rings. The molecule has 1 aliphatic heterocycles. The number of hydrogen-bond donors (Lipinski definition) is 4. The van der Waals surface area contributed by atoms with Gasteiger partial charge in [0.15, 0.2) is 0 Å². The number of carbonyl (C=O) groups excluding carboxylic acids is 2. The maximum Gasteiger partial charge on any atom is 0.421 e. The standard InChI is InChI=1S/C26H35F3N8O2.CH4/c1-3-30-25(39)34-21-7-5-4-6-20(21)33-22-19(26(27,28)29)16-31-24(35-22)32-18-10-8-17(9-11-18)23(38)37-14-12-36(2)13-15-37;/h8-11,16,20-21H,3-7,12-15H2,1-2H3,(H2,30,34,39)(H2,31,32,33,35);1H4/t20-,21+;/m1./s1. The first-order valence-electron chi connectivity index (χ1n) is 13.2.